The van der Waals surface area contributed by atoms with Crippen LogP contribution in [0.2, 0.25) is 0 Å². The fourth-order valence-electron chi connectivity index (χ4n) is 1.86. The zero-order chi connectivity index (χ0) is 15.5. The predicted molar refractivity (Wildman–Crippen MR) is 74.0 cm³/mol. The number of nitrogens with zero attached hydrogens (tertiary/aromatic N) is 1. The van der Waals surface area contributed by atoms with Crippen molar-refractivity contribution in [3.8, 4) is 11.5 Å². The Morgan fingerprint density at radius 1 is 1.09 bits per heavy atom. The standard InChI is InChI=1S/C15H10F2N2O3/c16-11-3-1-9(5-12(11)17)7-18-19-15(20)10-2-4-13-14(6-10)22-8-21-13/h1-7H,8H2,(H,19,20)/b18-7+. The number of ether oxygens (including phenoxy) is 2. The van der Waals surface area contributed by atoms with Gasteiger partial charge in [-0.2, -0.15) is 5.10 Å². The molecular weight excluding hydrogens is 294 g/mol. The first-order valence-corrected chi connectivity index (χ1v) is 6.31. The molecule has 0 atom stereocenters. The number of amides is 1. The Morgan fingerprint density at radius 2 is 1.91 bits per heavy atom. The van der Waals surface area contributed by atoms with Gasteiger partial charge in [-0.15, -0.1) is 0 Å². The maximum absolute atomic E-state index is 13.0. The third kappa shape index (κ3) is 2.88. The highest BCUT2D eigenvalue weighted by Crippen LogP contribution is 2.32. The number of benzene rings is 2. The van der Waals surface area contributed by atoms with Gasteiger partial charge in [0.25, 0.3) is 5.91 Å². The molecule has 3 rings (SSSR count). The highest BCUT2D eigenvalue weighted by molar-refractivity contribution is 5.95. The van der Waals surface area contributed by atoms with Crippen molar-refractivity contribution in [2.45, 2.75) is 0 Å². The second kappa shape index (κ2) is 5.80. The lowest BCUT2D eigenvalue weighted by molar-refractivity contribution is 0.0954. The van der Waals surface area contributed by atoms with Crippen molar-refractivity contribution in [3.63, 3.8) is 0 Å². The summed E-state index contributed by atoms with van der Waals surface area (Å²) < 4.78 is 36.1. The summed E-state index contributed by atoms with van der Waals surface area (Å²) in [6.07, 6.45) is 1.22. The Kier molecular flexibility index (Phi) is 3.69. The third-order valence-electron chi connectivity index (χ3n) is 2.96. The monoisotopic (exact) mass is 304 g/mol. The van der Waals surface area contributed by atoms with Crippen LogP contribution in [-0.2, 0) is 0 Å². The number of rotatable bonds is 3. The number of fused-ring (bicyclic) bond motifs is 1. The van der Waals surface area contributed by atoms with Gasteiger partial charge in [-0.25, -0.2) is 14.2 Å². The van der Waals surface area contributed by atoms with Crippen molar-refractivity contribution in [3.05, 3.63) is 59.2 Å². The third-order valence-corrected chi connectivity index (χ3v) is 2.96. The molecule has 1 aliphatic heterocycles. The van der Waals surface area contributed by atoms with Gasteiger partial charge in [0, 0.05) is 5.56 Å². The first kappa shape index (κ1) is 14.0. The van der Waals surface area contributed by atoms with E-state index < -0.39 is 17.5 Å². The zero-order valence-corrected chi connectivity index (χ0v) is 11.2. The van der Waals surface area contributed by atoms with Crippen molar-refractivity contribution in [1.82, 2.24) is 5.43 Å². The van der Waals surface area contributed by atoms with Crippen molar-refractivity contribution in [2.24, 2.45) is 5.10 Å². The summed E-state index contributed by atoms with van der Waals surface area (Å²) in [5.41, 5.74) is 2.95. The molecule has 22 heavy (non-hydrogen) atoms. The predicted octanol–water partition coefficient (Wildman–Crippen LogP) is 2.46. The topological polar surface area (TPSA) is 59.9 Å². The number of carbonyl (C=O) groups excluding carboxylic acids is 1. The number of hydrogen-bond acceptors (Lipinski definition) is 4. The van der Waals surface area contributed by atoms with Crippen molar-refractivity contribution >= 4 is 12.1 Å². The van der Waals surface area contributed by atoms with Crippen LogP contribution in [0, 0.1) is 11.6 Å². The molecular formula is C15H10F2N2O3. The maximum atomic E-state index is 13.0. The summed E-state index contributed by atoms with van der Waals surface area (Å²) in [4.78, 5) is 11.9. The molecule has 0 fully saturated rings. The fraction of sp³-hybridized carbons (Fsp3) is 0.0667. The first-order chi connectivity index (χ1) is 10.6. The van der Waals surface area contributed by atoms with Gasteiger partial charge in [0.1, 0.15) is 0 Å². The molecule has 5 nitrogen and oxygen atoms in total. The Labute approximate surface area is 124 Å². The summed E-state index contributed by atoms with van der Waals surface area (Å²) in [6, 6.07) is 8.02. The van der Waals surface area contributed by atoms with E-state index in [1.807, 2.05) is 0 Å². The number of halogens is 2. The van der Waals surface area contributed by atoms with E-state index >= 15 is 0 Å². The van der Waals surface area contributed by atoms with Crippen molar-refractivity contribution < 1.29 is 23.0 Å². The Morgan fingerprint density at radius 3 is 2.73 bits per heavy atom. The van der Waals surface area contributed by atoms with Crippen LogP contribution in [-0.4, -0.2) is 18.9 Å². The molecule has 7 heteroatoms. The molecule has 112 valence electrons. The smallest absolute Gasteiger partial charge is 0.271 e. The number of hydrazone groups is 1. The second-order valence-electron chi connectivity index (χ2n) is 4.44. The minimum absolute atomic E-state index is 0.120. The summed E-state index contributed by atoms with van der Waals surface area (Å²) in [5, 5.41) is 3.70. The normalized spacial score (nSPS) is 12.6. The lowest BCUT2D eigenvalue weighted by Gasteiger charge is -2.01. The number of hydrogen-bond donors (Lipinski definition) is 1. The van der Waals surface area contributed by atoms with E-state index in [0.717, 1.165) is 12.1 Å². The SMILES string of the molecule is O=C(N/N=C/c1ccc(F)c(F)c1)c1ccc2c(c1)OCO2. The Bertz CT molecular complexity index is 762. The molecule has 1 N–H and O–H groups in total. The van der Waals surface area contributed by atoms with Crippen molar-refractivity contribution in [1.29, 1.82) is 0 Å². The highest BCUT2D eigenvalue weighted by atomic mass is 19.2. The fourth-order valence-corrected chi connectivity index (χ4v) is 1.86. The number of nitrogens with one attached hydrogen (secondary N) is 1. The Balaban J connectivity index is 1.66. The van der Waals surface area contributed by atoms with Gasteiger partial charge in [-0.05, 0) is 35.9 Å². The summed E-state index contributed by atoms with van der Waals surface area (Å²) in [5.74, 6) is -1.33. The molecule has 1 aliphatic rings. The molecule has 0 spiro atoms. The molecule has 2 aromatic carbocycles. The minimum atomic E-state index is -0.981. The van der Waals surface area contributed by atoms with Gasteiger partial charge < -0.3 is 9.47 Å². The van der Waals surface area contributed by atoms with E-state index in [1.54, 1.807) is 12.1 Å². The van der Waals surface area contributed by atoms with Crippen molar-refractivity contribution in [2.75, 3.05) is 6.79 Å². The van der Waals surface area contributed by atoms with Gasteiger partial charge >= 0.3 is 0 Å². The van der Waals surface area contributed by atoms with Crippen LogP contribution in [0.25, 0.3) is 0 Å². The van der Waals surface area contributed by atoms with Gasteiger partial charge in [0.2, 0.25) is 6.79 Å². The van der Waals surface area contributed by atoms with E-state index in [-0.39, 0.29) is 6.79 Å². The molecule has 0 aliphatic carbocycles. The number of carbonyl (C=O) groups is 1. The quantitative estimate of drug-likeness (QED) is 0.700. The van der Waals surface area contributed by atoms with Gasteiger partial charge in [-0.3, -0.25) is 4.79 Å². The van der Waals surface area contributed by atoms with E-state index in [4.69, 9.17) is 9.47 Å². The van der Waals surface area contributed by atoms with Crippen LogP contribution in [0.5, 0.6) is 11.5 Å². The molecule has 0 saturated heterocycles. The average Bonchev–Trinajstić information content (AvgIpc) is 2.98. The van der Waals surface area contributed by atoms with Crippen LogP contribution in [0.15, 0.2) is 41.5 Å². The largest absolute Gasteiger partial charge is 0.454 e. The summed E-state index contributed by atoms with van der Waals surface area (Å²) in [6.45, 7) is 0.120. The Hall–Kier alpha value is -2.96. The molecule has 0 radical (unpaired) electrons. The van der Waals surface area contributed by atoms with Gasteiger partial charge in [0.05, 0.1) is 6.21 Å². The maximum Gasteiger partial charge on any atom is 0.271 e. The molecule has 1 heterocycles. The molecule has 0 unspecified atom stereocenters. The minimum Gasteiger partial charge on any atom is -0.454 e. The van der Waals surface area contributed by atoms with E-state index in [9.17, 15) is 13.6 Å². The molecule has 0 bridgehead atoms. The highest BCUT2D eigenvalue weighted by Gasteiger charge is 2.15. The summed E-state index contributed by atoms with van der Waals surface area (Å²) >= 11 is 0. The van der Waals surface area contributed by atoms with E-state index in [2.05, 4.69) is 10.5 Å². The second-order valence-corrected chi connectivity index (χ2v) is 4.44. The molecule has 0 aromatic heterocycles. The van der Waals surface area contributed by atoms with Crippen LogP contribution < -0.4 is 14.9 Å². The van der Waals surface area contributed by atoms with Crippen LogP contribution in [0.4, 0.5) is 8.78 Å². The van der Waals surface area contributed by atoms with Gasteiger partial charge in [-0.1, -0.05) is 6.07 Å². The lowest BCUT2D eigenvalue weighted by Crippen LogP contribution is -2.17. The molecule has 1 amide bonds. The first-order valence-electron chi connectivity index (χ1n) is 6.31. The van der Waals surface area contributed by atoms with E-state index in [1.165, 1.54) is 18.3 Å². The average molecular weight is 304 g/mol. The van der Waals surface area contributed by atoms with Gasteiger partial charge in [0.15, 0.2) is 23.1 Å². The zero-order valence-electron chi connectivity index (χ0n) is 11.2. The molecule has 0 saturated carbocycles. The molecule has 2 aromatic rings. The summed E-state index contributed by atoms with van der Waals surface area (Å²) in [7, 11) is 0. The van der Waals surface area contributed by atoms with Crippen LogP contribution in [0.1, 0.15) is 15.9 Å². The van der Waals surface area contributed by atoms with E-state index in [0.29, 0.717) is 22.6 Å². The lowest BCUT2D eigenvalue weighted by atomic mass is 10.2. The van der Waals surface area contributed by atoms with Crippen LogP contribution in [0.3, 0.4) is 0 Å². The van der Waals surface area contributed by atoms with Crippen LogP contribution >= 0.6 is 0 Å².